The topological polar surface area (TPSA) is 270 Å². The van der Waals surface area contributed by atoms with E-state index in [9.17, 15) is 19.9 Å². The van der Waals surface area contributed by atoms with Crippen molar-refractivity contribution in [3.05, 3.63) is 23.0 Å². The molecular weight excluding hydrogens is 630 g/mol. The number of halogens is 3. The third-order valence-electron chi connectivity index (χ3n) is 6.98. The molecule has 2 aliphatic rings. The van der Waals surface area contributed by atoms with Crippen molar-refractivity contribution in [1.29, 1.82) is 0 Å². The van der Waals surface area contributed by atoms with Crippen LogP contribution in [0, 0.1) is 0 Å². The Bertz CT molecular complexity index is 1830. The van der Waals surface area contributed by atoms with Crippen LogP contribution >= 0.6 is 6.72 Å². The number of aromatic nitrogens is 9. The van der Waals surface area contributed by atoms with Gasteiger partial charge in [0.2, 0.25) is 11.7 Å². The Morgan fingerprint density at radius 1 is 1.19 bits per heavy atom. The average Bonchev–Trinajstić information content (AvgIpc) is 3.68. The zero-order valence-corrected chi connectivity index (χ0v) is 23.0. The van der Waals surface area contributed by atoms with Crippen molar-refractivity contribution in [2.24, 2.45) is 0 Å². The normalized spacial score (nSPS) is 30.3. The van der Waals surface area contributed by atoms with Gasteiger partial charge in [-0.3, -0.25) is 18.9 Å². The fraction of sp³-hybridized carbons (Fsp3) is 0.526. The largest absolute Gasteiger partial charge is 0.393 e. The summed E-state index contributed by atoms with van der Waals surface area (Å²) in [7, 11) is 0. The van der Waals surface area contributed by atoms with E-state index in [1.54, 1.807) is 0 Å². The molecule has 6 atom stereocenters. The van der Waals surface area contributed by atoms with E-state index in [4.69, 9.17) is 41.8 Å². The summed E-state index contributed by atoms with van der Waals surface area (Å²) in [6.07, 6.45) is -3.56. The van der Waals surface area contributed by atoms with Gasteiger partial charge in [0.25, 0.3) is 11.3 Å². The number of imidazole rings is 1. The maximum Gasteiger partial charge on any atom is 0.327 e. The molecule has 0 spiro atoms. The fourth-order valence-corrected chi connectivity index (χ4v) is 6.37. The lowest BCUT2D eigenvalue weighted by Crippen LogP contribution is -2.54. The number of nitrogens with one attached hydrogen (secondary N) is 1. The average molecular weight is 651 g/mol. The van der Waals surface area contributed by atoms with E-state index >= 15 is 13.2 Å². The first kappa shape index (κ1) is 29.7. The molecule has 0 radical (unpaired) electrons. The van der Waals surface area contributed by atoms with Crippen molar-refractivity contribution in [1.82, 2.24) is 44.5 Å². The van der Waals surface area contributed by atoms with E-state index in [-0.39, 0.29) is 17.0 Å². The van der Waals surface area contributed by atoms with Crippen molar-refractivity contribution in [2.45, 2.75) is 35.8 Å². The first-order valence-corrected chi connectivity index (χ1v) is 14.7. The summed E-state index contributed by atoms with van der Waals surface area (Å²) in [5.74, 6) is -7.37. The number of nitrogens with two attached hydrogens (primary N) is 2. The van der Waals surface area contributed by atoms with Gasteiger partial charge in [-0.05, 0) is 11.8 Å². The molecule has 8 N–H and O–H groups in total. The number of fused-ring (bicyclic) bond motifs is 2. The zero-order chi connectivity index (χ0) is 30.9. The Hall–Kier alpha value is -3.41. The molecule has 1 unspecified atom stereocenters. The maximum absolute atomic E-state index is 16.1. The standard InChI is InChI=1S/C19H21F3N11O8PS/c20-17(32-6-27-9-12(23)25-5-26-13(9)32)3-38-7(11(17)35)2-40-42(37,43)41-18(4-39-8(1-34)19(18,21)22)33-14-10(30-31-33)15(36)29-16(24)28-14/h5-8,11,34-35H,1-4H2,(H,37,43)(H2,23,25,26)(H3,24,28,29,36)/t7-,8-,11-,17-,18-,42?/m1/s1. The molecule has 2 aliphatic heterocycles. The van der Waals surface area contributed by atoms with Crippen molar-refractivity contribution in [3.63, 3.8) is 0 Å². The molecule has 43 heavy (non-hydrogen) atoms. The molecule has 6 rings (SSSR count). The molecule has 0 amide bonds. The van der Waals surface area contributed by atoms with Crippen LogP contribution in [0.3, 0.4) is 0 Å². The molecule has 19 nitrogen and oxygen atoms in total. The molecule has 6 heterocycles. The van der Waals surface area contributed by atoms with Gasteiger partial charge in [-0.1, -0.05) is 5.21 Å². The lowest BCUT2D eigenvalue weighted by molar-refractivity contribution is -0.205. The van der Waals surface area contributed by atoms with Crippen LogP contribution in [0.2, 0.25) is 0 Å². The van der Waals surface area contributed by atoms with Gasteiger partial charge in [0.05, 0.1) is 19.5 Å². The van der Waals surface area contributed by atoms with Gasteiger partial charge in [0, 0.05) is 0 Å². The maximum atomic E-state index is 16.1. The number of nitrogens with zero attached hydrogens (tertiary/aromatic N) is 8. The summed E-state index contributed by atoms with van der Waals surface area (Å²) in [4.78, 5) is 40.7. The van der Waals surface area contributed by atoms with Crippen molar-refractivity contribution < 1.29 is 46.8 Å². The van der Waals surface area contributed by atoms with Crippen LogP contribution in [0.15, 0.2) is 17.4 Å². The SMILES string of the molecule is Nc1nc2c(nnn2[C@@]2(OP(O)(=S)OC[C@H]3OC[C@@](F)(n4cnc5c(N)ncnc54)[C@@H]3O)CO[C@H](CO)C2(F)F)c(=O)[nH]1. The number of alkyl halides is 3. The number of hydrogen-bond donors (Lipinski definition) is 6. The lowest BCUT2D eigenvalue weighted by atomic mass is 10.0. The second-order valence-corrected chi connectivity index (χ2v) is 12.3. The molecule has 2 fully saturated rings. The Balaban J connectivity index is 1.28. The Labute approximate surface area is 240 Å². The monoisotopic (exact) mass is 651 g/mol. The van der Waals surface area contributed by atoms with E-state index in [0.717, 1.165) is 17.2 Å². The number of rotatable bonds is 8. The van der Waals surface area contributed by atoms with Gasteiger partial charge < -0.3 is 40.6 Å². The highest BCUT2D eigenvalue weighted by Gasteiger charge is 2.70. The Kier molecular flexibility index (Phi) is 6.94. The van der Waals surface area contributed by atoms with E-state index in [1.807, 2.05) is 0 Å². The second kappa shape index (κ2) is 10.1. The predicted octanol–water partition coefficient (Wildman–Crippen LogP) is -2.17. The van der Waals surface area contributed by atoms with Crippen LogP contribution in [0.25, 0.3) is 22.3 Å². The molecule has 2 saturated heterocycles. The van der Waals surface area contributed by atoms with E-state index < -0.39 is 91.6 Å². The third kappa shape index (κ3) is 4.46. The highest BCUT2D eigenvalue weighted by atomic mass is 32.5. The van der Waals surface area contributed by atoms with Gasteiger partial charge in [-0.2, -0.15) is 18.4 Å². The van der Waals surface area contributed by atoms with Crippen LogP contribution in [0.1, 0.15) is 0 Å². The first-order chi connectivity index (χ1) is 20.2. The van der Waals surface area contributed by atoms with Gasteiger partial charge in [-0.25, -0.2) is 19.3 Å². The van der Waals surface area contributed by atoms with Crippen molar-refractivity contribution in [3.8, 4) is 0 Å². The molecule has 0 aromatic carbocycles. The molecule has 0 bridgehead atoms. The smallest absolute Gasteiger partial charge is 0.327 e. The summed E-state index contributed by atoms with van der Waals surface area (Å²) in [6, 6.07) is 0. The first-order valence-electron chi connectivity index (χ1n) is 12.1. The van der Waals surface area contributed by atoms with Gasteiger partial charge >= 0.3 is 12.6 Å². The zero-order valence-electron chi connectivity index (χ0n) is 21.3. The number of aromatic amines is 1. The summed E-state index contributed by atoms with van der Waals surface area (Å²) in [5.41, 5.74) is 6.11. The van der Waals surface area contributed by atoms with Gasteiger partial charge in [0.1, 0.15) is 43.4 Å². The molecule has 4 aromatic rings. The Morgan fingerprint density at radius 2 is 1.95 bits per heavy atom. The van der Waals surface area contributed by atoms with Crippen molar-refractivity contribution >= 4 is 52.6 Å². The fourth-order valence-electron chi connectivity index (χ4n) is 4.79. The number of H-pyrrole nitrogens is 1. The highest BCUT2D eigenvalue weighted by molar-refractivity contribution is 8.07. The van der Waals surface area contributed by atoms with Crippen LogP contribution in [0.5, 0.6) is 0 Å². The van der Waals surface area contributed by atoms with Crippen LogP contribution < -0.4 is 17.0 Å². The summed E-state index contributed by atoms with van der Waals surface area (Å²) < 4.78 is 69.8. The van der Waals surface area contributed by atoms with Crippen molar-refractivity contribution in [2.75, 3.05) is 37.9 Å². The number of hydrogen-bond acceptors (Lipinski definition) is 16. The molecule has 0 aliphatic carbocycles. The number of anilines is 2. The lowest BCUT2D eigenvalue weighted by Gasteiger charge is -2.36. The quantitative estimate of drug-likeness (QED) is 0.111. The number of aliphatic hydroxyl groups is 2. The Morgan fingerprint density at radius 3 is 2.67 bits per heavy atom. The van der Waals surface area contributed by atoms with Gasteiger partial charge in [-0.15, -0.1) is 5.10 Å². The minimum Gasteiger partial charge on any atom is -0.393 e. The number of ether oxygens (including phenoxy) is 2. The van der Waals surface area contributed by atoms with Crippen LogP contribution in [-0.4, -0.2) is 110 Å². The molecule has 24 heteroatoms. The van der Waals surface area contributed by atoms with E-state index in [0.29, 0.717) is 4.68 Å². The number of nitrogen functional groups attached to an aromatic ring is 2. The minimum absolute atomic E-state index is 0.0357. The highest BCUT2D eigenvalue weighted by Crippen LogP contribution is 2.57. The third-order valence-corrected chi connectivity index (χ3v) is 8.53. The molecular formula is C19H21F3N11O8PS. The summed E-state index contributed by atoms with van der Waals surface area (Å²) in [5, 5.41) is 27.4. The van der Waals surface area contributed by atoms with Crippen LogP contribution in [-0.2, 0) is 41.8 Å². The second-order valence-electron chi connectivity index (χ2n) is 9.53. The summed E-state index contributed by atoms with van der Waals surface area (Å²) >= 11 is 4.98. The van der Waals surface area contributed by atoms with Gasteiger partial charge in [0.15, 0.2) is 22.6 Å². The summed E-state index contributed by atoms with van der Waals surface area (Å²) in [6.45, 7) is -8.68. The predicted molar refractivity (Wildman–Crippen MR) is 138 cm³/mol. The van der Waals surface area contributed by atoms with E-state index in [1.165, 1.54) is 0 Å². The number of aliphatic hydroxyl groups excluding tert-OH is 2. The molecule has 0 saturated carbocycles. The minimum atomic E-state index is -4.81. The molecule has 232 valence electrons. The molecule has 4 aromatic heterocycles. The van der Waals surface area contributed by atoms with E-state index in [2.05, 4.69) is 35.2 Å². The van der Waals surface area contributed by atoms with Crippen LogP contribution in [0.4, 0.5) is 24.9 Å².